The molecule has 2 aliphatic heterocycles. The van der Waals surface area contributed by atoms with Gasteiger partial charge in [0.2, 0.25) is 0 Å². The van der Waals surface area contributed by atoms with Crippen LogP contribution in [0.25, 0.3) is 0 Å². The first kappa shape index (κ1) is 21.6. The number of anilines is 1. The highest BCUT2D eigenvalue weighted by molar-refractivity contribution is 14.0. The number of guanidine groups is 1. The summed E-state index contributed by atoms with van der Waals surface area (Å²) >= 11 is 0. The van der Waals surface area contributed by atoms with Crippen LogP contribution in [0.1, 0.15) is 50.5 Å². The van der Waals surface area contributed by atoms with Crippen molar-refractivity contribution < 1.29 is 0 Å². The predicted octanol–water partition coefficient (Wildman–Crippen LogP) is 2.98. The highest BCUT2D eigenvalue weighted by Crippen LogP contribution is 2.26. The van der Waals surface area contributed by atoms with Crippen LogP contribution in [-0.4, -0.2) is 61.2 Å². The van der Waals surface area contributed by atoms with Crippen LogP contribution in [0.3, 0.4) is 0 Å². The van der Waals surface area contributed by atoms with E-state index >= 15 is 0 Å². The Kier molecular flexibility index (Phi) is 8.20. The first-order valence-corrected chi connectivity index (χ1v) is 10.7. The molecule has 2 N–H and O–H groups in total. The number of nitrogens with one attached hydrogen (secondary N) is 2. The molecule has 2 saturated heterocycles. The first-order chi connectivity index (χ1) is 13.3. The van der Waals surface area contributed by atoms with Gasteiger partial charge in [-0.1, -0.05) is 12.8 Å². The third-order valence-corrected chi connectivity index (χ3v) is 6.33. The summed E-state index contributed by atoms with van der Waals surface area (Å²) in [5, 5.41) is 7.12. The number of aliphatic imine (C=N–C) groups is 1. The summed E-state index contributed by atoms with van der Waals surface area (Å²) in [5.74, 6) is 2.02. The second-order valence-electron chi connectivity index (χ2n) is 8.21. The number of rotatable bonds is 5. The number of hydrogen-bond donors (Lipinski definition) is 2. The van der Waals surface area contributed by atoms with Crippen molar-refractivity contribution in [3.05, 3.63) is 23.9 Å². The monoisotopic (exact) mass is 498 g/mol. The van der Waals surface area contributed by atoms with Gasteiger partial charge in [0, 0.05) is 58.1 Å². The maximum atomic E-state index is 4.54. The standard InChI is InChI=1S/C21H34N6.HI/c1-22-21(25-18-9-13-27(16-18)19-6-2-3-7-19)24-15-17-8-10-23-20(14-17)26-11-4-5-12-26;/h8,10,14,18-19H,2-7,9,11-13,15-16H2,1H3,(H2,22,24,25);1H. The molecule has 1 aliphatic carbocycles. The zero-order valence-corrected chi connectivity index (χ0v) is 19.4. The molecule has 4 rings (SSSR count). The molecule has 0 spiro atoms. The van der Waals surface area contributed by atoms with Gasteiger partial charge in [-0.05, 0) is 49.8 Å². The van der Waals surface area contributed by atoms with Crippen molar-refractivity contribution in [1.82, 2.24) is 20.5 Å². The van der Waals surface area contributed by atoms with Crippen molar-refractivity contribution in [2.75, 3.05) is 38.1 Å². The molecule has 6 nitrogen and oxygen atoms in total. The van der Waals surface area contributed by atoms with Gasteiger partial charge in [0.25, 0.3) is 0 Å². The Morgan fingerprint density at radius 3 is 2.68 bits per heavy atom. The molecule has 156 valence electrons. The lowest BCUT2D eigenvalue weighted by Gasteiger charge is -2.24. The van der Waals surface area contributed by atoms with E-state index < -0.39 is 0 Å². The van der Waals surface area contributed by atoms with E-state index in [1.807, 2.05) is 13.2 Å². The van der Waals surface area contributed by atoms with E-state index in [-0.39, 0.29) is 24.0 Å². The molecule has 3 aliphatic rings. The van der Waals surface area contributed by atoms with Gasteiger partial charge in [-0.2, -0.15) is 0 Å². The lowest BCUT2D eigenvalue weighted by atomic mass is 10.2. The fourth-order valence-electron chi connectivity index (χ4n) is 4.77. The van der Waals surface area contributed by atoms with E-state index in [0.717, 1.165) is 44.0 Å². The molecule has 3 heterocycles. The molecule has 1 unspecified atom stereocenters. The maximum Gasteiger partial charge on any atom is 0.191 e. The second-order valence-corrected chi connectivity index (χ2v) is 8.21. The summed E-state index contributed by atoms with van der Waals surface area (Å²) in [6.45, 7) is 5.42. The van der Waals surface area contributed by atoms with Crippen LogP contribution in [-0.2, 0) is 6.54 Å². The van der Waals surface area contributed by atoms with Crippen LogP contribution < -0.4 is 15.5 Å². The fourth-order valence-corrected chi connectivity index (χ4v) is 4.77. The lowest BCUT2D eigenvalue weighted by molar-refractivity contribution is 0.242. The average molecular weight is 498 g/mol. The van der Waals surface area contributed by atoms with E-state index in [9.17, 15) is 0 Å². The average Bonchev–Trinajstić information content (AvgIpc) is 3.47. The molecule has 7 heteroatoms. The van der Waals surface area contributed by atoms with E-state index in [1.54, 1.807) is 0 Å². The van der Waals surface area contributed by atoms with Gasteiger partial charge in [-0.25, -0.2) is 4.98 Å². The maximum absolute atomic E-state index is 4.54. The van der Waals surface area contributed by atoms with Crippen LogP contribution in [0.5, 0.6) is 0 Å². The van der Waals surface area contributed by atoms with Crippen LogP contribution in [0.4, 0.5) is 5.82 Å². The van der Waals surface area contributed by atoms with E-state index in [4.69, 9.17) is 0 Å². The third kappa shape index (κ3) is 5.49. The summed E-state index contributed by atoms with van der Waals surface area (Å²) in [7, 11) is 1.86. The number of halogens is 1. The minimum Gasteiger partial charge on any atom is -0.357 e. The van der Waals surface area contributed by atoms with Crippen molar-refractivity contribution in [1.29, 1.82) is 0 Å². The van der Waals surface area contributed by atoms with E-state index in [2.05, 4.69) is 42.5 Å². The largest absolute Gasteiger partial charge is 0.357 e. The van der Waals surface area contributed by atoms with Gasteiger partial charge in [0.05, 0.1) is 0 Å². The quantitative estimate of drug-likeness (QED) is 0.372. The smallest absolute Gasteiger partial charge is 0.191 e. The molecular weight excluding hydrogens is 463 g/mol. The minimum absolute atomic E-state index is 0. The molecule has 0 aromatic carbocycles. The molecule has 1 aromatic rings. The van der Waals surface area contributed by atoms with Gasteiger partial charge < -0.3 is 15.5 Å². The van der Waals surface area contributed by atoms with Gasteiger partial charge >= 0.3 is 0 Å². The highest BCUT2D eigenvalue weighted by Gasteiger charge is 2.30. The number of hydrogen-bond acceptors (Lipinski definition) is 4. The van der Waals surface area contributed by atoms with E-state index in [1.165, 1.54) is 57.1 Å². The Morgan fingerprint density at radius 2 is 1.93 bits per heavy atom. The topological polar surface area (TPSA) is 55.8 Å². The summed E-state index contributed by atoms with van der Waals surface area (Å²) in [5.41, 5.74) is 1.26. The summed E-state index contributed by atoms with van der Waals surface area (Å²) in [4.78, 5) is 14.0. The molecule has 28 heavy (non-hydrogen) atoms. The van der Waals surface area contributed by atoms with Crippen LogP contribution in [0.15, 0.2) is 23.3 Å². The minimum atomic E-state index is 0. The third-order valence-electron chi connectivity index (χ3n) is 6.33. The molecule has 0 radical (unpaired) electrons. The zero-order chi connectivity index (χ0) is 18.5. The molecule has 0 amide bonds. The van der Waals surface area contributed by atoms with Crippen molar-refractivity contribution >= 4 is 35.8 Å². The van der Waals surface area contributed by atoms with Crippen molar-refractivity contribution in [3.63, 3.8) is 0 Å². The van der Waals surface area contributed by atoms with E-state index in [0.29, 0.717) is 6.04 Å². The molecule has 1 saturated carbocycles. The Hall–Kier alpha value is -1.09. The second kappa shape index (κ2) is 10.6. The van der Waals surface area contributed by atoms with Gasteiger partial charge in [0.1, 0.15) is 5.82 Å². The normalized spacial score (nSPS) is 23.8. The van der Waals surface area contributed by atoms with Crippen LogP contribution in [0.2, 0.25) is 0 Å². The number of aromatic nitrogens is 1. The molecular formula is C21H35IN6. The zero-order valence-electron chi connectivity index (χ0n) is 17.1. The Balaban J connectivity index is 0.00000225. The Morgan fingerprint density at radius 1 is 1.14 bits per heavy atom. The Labute approximate surface area is 186 Å². The van der Waals surface area contributed by atoms with Gasteiger partial charge in [-0.15, -0.1) is 24.0 Å². The molecule has 1 atom stereocenters. The highest BCUT2D eigenvalue weighted by atomic mass is 127. The van der Waals surface area contributed by atoms with Crippen molar-refractivity contribution in [2.45, 2.75) is 63.6 Å². The van der Waals surface area contributed by atoms with Crippen LogP contribution >= 0.6 is 24.0 Å². The molecule has 3 fully saturated rings. The lowest BCUT2D eigenvalue weighted by Crippen LogP contribution is -2.45. The first-order valence-electron chi connectivity index (χ1n) is 10.7. The van der Waals surface area contributed by atoms with Gasteiger partial charge in [-0.3, -0.25) is 9.89 Å². The molecule has 0 bridgehead atoms. The Bertz CT molecular complexity index is 640. The summed E-state index contributed by atoms with van der Waals surface area (Å²) in [6.07, 6.45) is 11.3. The number of nitrogens with zero attached hydrogens (tertiary/aromatic N) is 4. The predicted molar refractivity (Wildman–Crippen MR) is 127 cm³/mol. The van der Waals surface area contributed by atoms with Crippen molar-refractivity contribution in [2.24, 2.45) is 4.99 Å². The SMILES string of the molecule is CN=C(NCc1ccnc(N2CCCC2)c1)NC1CCN(C2CCCC2)C1.I. The number of likely N-dealkylation sites (tertiary alicyclic amines) is 1. The van der Waals surface area contributed by atoms with Crippen molar-refractivity contribution in [3.8, 4) is 0 Å². The summed E-state index contributed by atoms with van der Waals surface area (Å²) in [6, 6.07) is 5.64. The fraction of sp³-hybridized carbons (Fsp3) is 0.714. The number of pyridine rings is 1. The van der Waals surface area contributed by atoms with Crippen LogP contribution in [0, 0.1) is 0 Å². The molecule has 1 aromatic heterocycles. The summed E-state index contributed by atoms with van der Waals surface area (Å²) < 4.78 is 0. The van der Waals surface area contributed by atoms with Gasteiger partial charge in [0.15, 0.2) is 5.96 Å².